The Labute approximate surface area is 230 Å². The molecule has 40 heavy (non-hydrogen) atoms. The maximum atomic E-state index is 14.8. The average molecular weight is 556 g/mol. The summed E-state index contributed by atoms with van der Waals surface area (Å²) >= 11 is 0. The number of aliphatic hydroxyl groups is 1. The van der Waals surface area contributed by atoms with Gasteiger partial charge in [-0.3, -0.25) is 4.79 Å². The molecule has 1 saturated carbocycles. The second kappa shape index (κ2) is 10.2. The van der Waals surface area contributed by atoms with Crippen LogP contribution in [0, 0.1) is 24.1 Å². The molecule has 3 atom stereocenters. The van der Waals surface area contributed by atoms with Crippen LogP contribution in [0.4, 0.5) is 17.6 Å². The Kier molecular flexibility index (Phi) is 7.15. The Balaban J connectivity index is 1.35. The number of carbonyl (C=O) groups excluding carboxylic acids is 1. The SMILES string of the molecule is Cc1ccc(-n2ncc3c2C=C2CC[C@@](O)(CCc4cccc(F)c4C(=O)NCC(C)C(F)(F)F)[C@@]2(C)C3)cc1. The maximum Gasteiger partial charge on any atom is 0.393 e. The molecular weight excluding hydrogens is 522 g/mol. The molecule has 0 saturated heterocycles. The number of hydrogen-bond acceptors (Lipinski definition) is 3. The van der Waals surface area contributed by atoms with Crippen LogP contribution >= 0.6 is 0 Å². The molecule has 1 fully saturated rings. The van der Waals surface area contributed by atoms with E-state index in [0.717, 1.165) is 41.1 Å². The van der Waals surface area contributed by atoms with Crippen LogP contribution in [-0.4, -0.2) is 39.1 Å². The fraction of sp³-hybridized carbons (Fsp3) is 0.419. The second-order valence-corrected chi connectivity index (χ2v) is 11.4. The number of rotatable bonds is 7. The number of benzene rings is 2. The highest BCUT2D eigenvalue weighted by atomic mass is 19.4. The van der Waals surface area contributed by atoms with Gasteiger partial charge in [-0.2, -0.15) is 18.3 Å². The van der Waals surface area contributed by atoms with Gasteiger partial charge in [0.2, 0.25) is 0 Å². The minimum atomic E-state index is -4.46. The highest BCUT2D eigenvalue weighted by molar-refractivity contribution is 5.96. The zero-order valence-electron chi connectivity index (χ0n) is 22.8. The summed E-state index contributed by atoms with van der Waals surface area (Å²) in [6.45, 7) is 4.38. The summed E-state index contributed by atoms with van der Waals surface area (Å²) in [5, 5.41) is 18.8. The predicted molar refractivity (Wildman–Crippen MR) is 145 cm³/mol. The standard InChI is InChI=1S/C31H33F4N3O2/c1-19-7-9-24(10-8-19)38-26-15-23-12-14-30(40,29(23,3)16-22(26)18-37-38)13-11-21-5-4-6-25(32)27(21)28(39)36-17-20(2)31(33,34)35/h4-10,15,18,20,40H,11-14,16-17H2,1-3H3,(H,36,39)/t20?,29-,30-/m0/s1. The fourth-order valence-corrected chi connectivity index (χ4v) is 6.04. The molecule has 0 radical (unpaired) electrons. The molecule has 2 aliphatic carbocycles. The molecule has 2 N–H and O–H groups in total. The first-order valence-corrected chi connectivity index (χ1v) is 13.5. The molecule has 9 heteroatoms. The summed E-state index contributed by atoms with van der Waals surface area (Å²) in [6, 6.07) is 12.3. The quantitative estimate of drug-likeness (QED) is 0.334. The summed E-state index contributed by atoms with van der Waals surface area (Å²) in [5.41, 5.74) is 3.66. The molecule has 5 rings (SSSR count). The lowest BCUT2D eigenvalue weighted by Crippen LogP contribution is -2.45. The number of aromatic nitrogens is 2. The van der Waals surface area contributed by atoms with Crippen LogP contribution in [-0.2, 0) is 12.8 Å². The predicted octanol–water partition coefficient (Wildman–Crippen LogP) is 6.35. The number of carbonyl (C=O) groups is 1. The van der Waals surface area contributed by atoms with Crippen molar-refractivity contribution in [2.75, 3.05) is 6.54 Å². The number of amides is 1. The van der Waals surface area contributed by atoms with E-state index in [9.17, 15) is 27.5 Å². The molecular formula is C31H33F4N3O2. The van der Waals surface area contributed by atoms with Gasteiger partial charge in [0.05, 0.1) is 34.7 Å². The number of aryl methyl sites for hydroxylation is 2. The van der Waals surface area contributed by atoms with Crippen molar-refractivity contribution in [1.29, 1.82) is 0 Å². The Morgan fingerprint density at radius 1 is 1.20 bits per heavy atom. The Bertz CT molecular complexity index is 1460. The molecule has 2 aliphatic rings. The highest BCUT2D eigenvalue weighted by Crippen LogP contribution is 2.57. The van der Waals surface area contributed by atoms with E-state index in [1.54, 1.807) is 6.07 Å². The normalized spacial score (nSPS) is 22.9. The number of fused-ring (bicyclic) bond motifs is 2. The minimum absolute atomic E-state index is 0.199. The Morgan fingerprint density at radius 3 is 2.62 bits per heavy atom. The van der Waals surface area contributed by atoms with Gasteiger partial charge in [-0.1, -0.05) is 49.2 Å². The van der Waals surface area contributed by atoms with E-state index in [1.807, 2.05) is 49.0 Å². The van der Waals surface area contributed by atoms with Crippen molar-refractivity contribution in [3.8, 4) is 5.69 Å². The van der Waals surface area contributed by atoms with Gasteiger partial charge in [0.1, 0.15) is 5.82 Å². The van der Waals surface area contributed by atoms with Crippen molar-refractivity contribution < 1.29 is 27.5 Å². The van der Waals surface area contributed by atoms with Gasteiger partial charge in [0.15, 0.2) is 0 Å². The second-order valence-electron chi connectivity index (χ2n) is 11.4. The zero-order chi connectivity index (χ0) is 28.9. The maximum absolute atomic E-state index is 14.8. The van der Waals surface area contributed by atoms with E-state index in [0.29, 0.717) is 24.8 Å². The molecule has 1 heterocycles. The first-order chi connectivity index (χ1) is 18.8. The molecule has 0 bridgehead atoms. The van der Waals surface area contributed by atoms with Crippen LogP contribution in [0.15, 0.2) is 54.2 Å². The van der Waals surface area contributed by atoms with E-state index in [-0.39, 0.29) is 18.4 Å². The van der Waals surface area contributed by atoms with Gasteiger partial charge in [0, 0.05) is 12.0 Å². The van der Waals surface area contributed by atoms with Crippen molar-refractivity contribution in [2.45, 2.75) is 64.7 Å². The lowest BCUT2D eigenvalue weighted by Gasteiger charge is -2.42. The monoisotopic (exact) mass is 555 g/mol. The molecule has 1 unspecified atom stereocenters. The highest BCUT2D eigenvalue weighted by Gasteiger charge is 2.54. The minimum Gasteiger partial charge on any atom is -0.389 e. The van der Waals surface area contributed by atoms with Crippen LogP contribution in [0.2, 0.25) is 0 Å². The van der Waals surface area contributed by atoms with Crippen molar-refractivity contribution >= 4 is 12.0 Å². The molecule has 2 aromatic carbocycles. The number of nitrogens with zero attached hydrogens (tertiary/aromatic N) is 2. The average Bonchev–Trinajstić information content (AvgIpc) is 3.41. The molecule has 212 valence electrons. The molecule has 1 aromatic heterocycles. The fourth-order valence-electron chi connectivity index (χ4n) is 6.04. The van der Waals surface area contributed by atoms with Gasteiger partial charge in [-0.25, -0.2) is 9.07 Å². The van der Waals surface area contributed by atoms with Crippen molar-refractivity contribution in [3.63, 3.8) is 0 Å². The van der Waals surface area contributed by atoms with E-state index >= 15 is 0 Å². The van der Waals surface area contributed by atoms with Gasteiger partial charge in [-0.15, -0.1) is 0 Å². The van der Waals surface area contributed by atoms with Crippen LogP contribution in [0.5, 0.6) is 0 Å². The first kappa shape index (κ1) is 28.1. The molecule has 0 aliphatic heterocycles. The van der Waals surface area contributed by atoms with Crippen LogP contribution < -0.4 is 5.32 Å². The number of halogens is 4. The smallest absolute Gasteiger partial charge is 0.389 e. The number of nitrogens with one attached hydrogen (secondary N) is 1. The third-order valence-corrected chi connectivity index (χ3v) is 8.83. The summed E-state index contributed by atoms with van der Waals surface area (Å²) < 4.78 is 55.4. The summed E-state index contributed by atoms with van der Waals surface area (Å²) in [7, 11) is 0. The third kappa shape index (κ3) is 4.96. The third-order valence-electron chi connectivity index (χ3n) is 8.83. The molecule has 0 spiro atoms. The van der Waals surface area contributed by atoms with Gasteiger partial charge in [0.25, 0.3) is 5.91 Å². The van der Waals surface area contributed by atoms with Gasteiger partial charge >= 0.3 is 6.18 Å². The van der Waals surface area contributed by atoms with Crippen molar-refractivity contribution in [3.05, 3.63) is 88.0 Å². The number of hydrogen-bond donors (Lipinski definition) is 2. The molecule has 1 amide bonds. The Morgan fingerprint density at radius 2 is 1.93 bits per heavy atom. The Hall–Kier alpha value is -3.46. The van der Waals surface area contributed by atoms with Crippen LogP contribution in [0.25, 0.3) is 11.8 Å². The van der Waals surface area contributed by atoms with Gasteiger partial charge in [-0.05, 0) is 74.4 Å². The zero-order valence-corrected chi connectivity index (χ0v) is 22.8. The summed E-state index contributed by atoms with van der Waals surface area (Å²) in [5.74, 6) is -3.45. The largest absolute Gasteiger partial charge is 0.393 e. The molecule has 5 nitrogen and oxygen atoms in total. The van der Waals surface area contributed by atoms with Crippen LogP contribution in [0.1, 0.15) is 65.9 Å². The number of alkyl halides is 3. The molecule has 3 aromatic rings. The summed E-state index contributed by atoms with van der Waals surface area (Å²) in [6.07, 6.45) is 1.75. The van der Waals surface area contributed by atoms with E-state index < -0.39 is 41.4 Å². The first-order valence-electron chi connectivity index (χ1n) is 13.5. The lowest BCUT2D eigenvalue weighted by molar-refractivity contribution is -0.167. The van der Waals surface area contributed by atoms with Crippen molar-refractivity contribution in [2.24, 2.45) is 11.3 Å². The van der Waals surface area contributed by atoms with Crippen LogP contribution in [0.3, 0.4) is 0 Å². The van der Waals surface area contributed by atoms with Gasteiger partial charge < -0.3 is 10.4 Å². The lowest BCUT2D eigenvalue weighted by atomic mass is 9.65. The topological polar surface area (TPSA) is 67.1 Å². The van der Waals surface area contributed by atoms with E-state index in [4.69, 9.17) is 0 Å². The van der Waals surface area contributed by atoms with E-state index in [2.05, 4.69) is 16.5 Å². The summed E-state index contributed by atoms with van der Waals surface area (Å²) in [4.78, 5) is 12.8. The van der Waals surface area contributed by atoms with Crippen molar-refractivity contribution in [1.82, 2.24) is 15.1 Å². The van der Waals surface area contributed by atoms with E-state index in [1.165, 1.54) is 6.07 Å².